The van der Waals surface area contributed by atoms with Crippen LogP contribution in [0.25, 0.3) is 10.1 Å². The van der Waals surface area contributed by atoms with Gasteiger partial charge < -0.3 is 5.32 Å². The monoisotopic (exact) mass is 443 g/mol. The van der Waals surface area contributed by atoms with Crippen LogP contribution in [0, 0.1) is 0 Å². The van der Waals surface area contributed by atoms with Crippen LogP contribution in [0.4, 0.5) is 0 Å². The van der Waals surface area contributed by atoms with Crippen molar-refractivity contribution < 1.29 is 0 Å². The standard InChI is InChI=1S/C16H15Br2NS2/c1-2-8-19-15(13-6-7-14(18)21-13)11-9-20-16-10(11)4-3-5-12(16)17/h3-7,9,15,19H,2,8H2,1H3. The van der Waals surface area contributed by atoms with Crippen LogP contribution in [0.3, 0.4) is 0 Å². The van der Waals surface area contributed by atoms with Crippen molar-refractivity contribution in [2.24, 2.45) is 0 Å². The molecule has 3 rings (SSSR count). The van der Waals surface area contributed by atoms with Gasteiger partial charge in [-0.2, -0.15) is 0 Å². The number of hydrogen-bond acceptors (Lipinski definition) is 3. The second-order valence-corrected chi connectivity index (χ2v) is 9.07. The summed E-state index contributed by atoms with van der Waals surface area (Å²) in [6.45, 7) is 3.22. The van der Waals surface area contributed by atoms with Gasteiger partial charge in [0.1, 0.15) is 0 Å². The van der Waals surface area contributed by atoms with Crippen molar-refractivity contribution in [2.75, 3.05) is 6.54 Å². The Morgan fingerprint density at radius 3 is 2.76 bits per heavy atom. The second-order valence-electron chi connectivity index (χ2n) is 4.84. The molecule has 0 saturated heterocycles. The minimum Gasteiger partial charge on any atom is -0.306 e. The largest absolute Gasteiger partial charge is 0.306 e. The number of thiophene rings is 2. The molecule has 1 aromatic carbocycles. The molecule has 1 unspecified atom stereocenters. The maximum absolute atomic E-state index is 3.69. The lowest BCUT2D eigenvalue weighted by molar-refractivity contribution is 0.610. The maximum atomic E-state index is 3.69. The number of hydrogen-bond donors (Lipinski definition) is 1. The van der Waals surface area contributed by atoms with E-state index in [-0.39, 0.29) is 6.04 Å². The summed E-state index contributed by atoms with van der Waals surface area (Å²) >= 11 is 10.9. The van der Waals surface area contributed by atoms with Gasteiger partial charge in [-0.25, -0.2) is 0 Å². The average molecular weight is 445 g/mol. The number of halogens is 2. The van der Waals surface area contributed by atoms with Gasteiger partial charge >= 0.3 is 0 Å². The molecule has 0 aliphatic heterocycles. The van der Waals surface area contributed by atoms with Gasteiger partial charge in [-0.1, -0.05) is 19.1 Å². The third-order valence-corrected chi connectivity index (χ3v) is 7.03. The predicted molar refractivity (Wildman–Crippen MR) is 102 cm³/mol. The first kappa shape index (κ1) is 15.7. The molecule has 0 bridgehead atoms. The highest BCUT2D eigenvalue weighted by Crippen LogP contribution is 2.39. The quantitative estimate of drug-likeness (QED) is 0.468. The zero-order valence-electron chi connectivity index (χ0n) is 11.5. The Bertz CT molecular complexity index is 748. The van der Waals surface area contributed by atoms with Gasteiger partial charge in [0.05, 0.1) is 9.83 Å². The van der Waals surface area contributed by atoms with E-state index in [1.807, 2.05) is 11.3 Å². The Morgan fingerprint density at radius 1 is 1.19 bits per heavy atom. The fraction of sp³-hybridized carbons (Fsp3) is 0.250. The number of benzene rings is 1. The summed E-state index contributed by atoms with van der Waals surface area (Å²) < 4.78 is 3.69. The predicted octanol–water partition coefficient (Wildman–Crippen LogP) is 6.58. The van der Waals surface area contributed by atoms with Gasteiger partial charge in [0.25, 0.3) is 0 Å². The van der Waals surface area contributed by atoms with Gasteiger partial charge in [0.15, 0.2) is 0 Å². The smallest absolute Gasteiger partial charge is 0.0702 e. The van der Waals surface area contributed by atoms with Crippen LogP contribution >= 0.6 is 54.5 Å². The first-order valence-corrected chi connectivity index (χ1v) is 10.1. The molecule has 2 aromatic heterocycles. The van der Waals surface area contributed by atoms with Crippen molar-refractivity contribution in [3.8, 4) is 0 Å². The highest BCUT2D eigenvalue weighted by Gasteiger charge is 2.19. The fourth-order valence-electron chi connectivity index (χ4n) is 2.40. The summed E-state index contributed by atoms with van der Waals surface area (Å²) in [7, 11) is 0. The van der Waals surface area contributed by atoms with Crippen molar-refractivity contribution in [3.63, 3.8) is 0 Å². The second kappa shape index (κ2) is 6.92. The van der Waals surface area contributed by atoms with E-state index in [1.165, 1.54) is 28.8 Å². The molecular weight excluding hydrogens is 430 g/mol. The van der Waals surface area contributed by atoms with E-state index in [0.29, 0.717) is 0 Å². The third-order valence-electron chi connectivity index (χ3n) is 3.37. The van der Waals surface area contributed by atoms with Crippen molar-refractivity contribution in [1.82, 2.24) is 5.32 Å². The highest BCUT2D eigenvalue weighted by atomic mass is 79.9. The van der Waals surface area contributed by atoms with Crippen LogP contribution in [0.5, 0.6) is 0 Å². The van der Waals surface area contributed by atoms with Gasteiger partial charge in [-0.05, 0) is 79.4 Å². The lowest BCUT2D eigenvalue weighted by Crippen LogP contribution is -2.22. The molecule has 1 atom stereocenters. The van der Waals surface area contributed by atoms with E-state index in [2.05, 4.69) is 79.8 Å². The Labute approximate surface area is 149 Å². The summed E-state index contributed by atoms with van der Waals surface area (Å²) in [6.07, 6.45) is 1.13. The Kier molecular flexibility index (Phi) is 5.17. The summed E-state index contributed by atoms with van der Waals surface area (Å²) in [5, 5.41) is 7.32. The molecule has 0 fully saturated rings. The van der Waals surface area contributed by atoms with Crippen molar-refractivity contribution >= 4 is 64.6 Å². The lowest BCUT2D eigenvalue weighted by Gasteiger charge is -2.17. The minimum absolute atomic E-state index is 0.268. The van der Waals surface area contributed by atoms with Crippen LogP contribution in [-0.4, -0.2) is 6.54 Å². The molecule has 0 aliphatic rings. The molecule has 21 heavy (non-hydrogen) atoms. The Balaban J connectivity index is 2.08. The molecule has 1 N–H and O–H groups in total. The summed E-state index contributed by atoms with van der Waals surface area (Å²) in [5.74, 6) is 0. The van der Waals surface area contributed by atoms with Gasteiger partial charge in [0, 0.05) is 14.0 Å². The Hall–Kier alpha value is -0.200. The third kappa shape index (κ3) is 3.27. The molecule has 0 amide bonds. The van der Waals surface area contributed by atoms with E-state index in [9.17, 15) is 0 Å². The maximum Gasteiger partial charge on any atom is 0.0702 e. The van der Waals surface area contributed by atoms with Gasteiger partial charge in [0.2, 0.25) is 0 Å². The fourth-order valence-corrected chi connectivity index (χ4v) is 5.57. The van der Waals surface area contributed by atoms with Crippen molar-refractivity contribution in [1.29, 1.82) is 0 Å². The van der Waals surface area contributed by atoms with E-state index in [0.717, 1.165) is 13.0 Å². The normalized spacial score (nSPS) is 12.9. The molecular formula is C16H15Br2NS2. The number of fused-ring (bicyclic) bond motifs is 1. The van der Waals surface area contributed by atoms with Crippen LogP contribution < -0.4 is 5.32 Å². The number of nitrogens with one attached hydrogen (secondary N) is 1. The Morgan fingerprint density at radius 2 is 2.05 bits per heavy atom. The van der Waals surface area contributed by atoms with Crippen molar-refractivity contribution in [2.45, 2.75) is 19.4 Å². The molecule has 2 heterocycles. The minimum atomic E-state index is 0.268. The molecule has 110 valence electrons. The van der Waals surface area contributed by atoms with E-state index in [4.69, 9.17) is 0 Å². The topological polar surface area (TPSA) is 12.0 Å². The highest BCUT2D eigenvalue weighted by molar-refractivity contribution is 9.11. The molecule has 5 heteroatoms. The van der Waals surface area contributed by atoms with Gasteiger partial charge in [-0.15, -0.1) is 22.7 Å². The first-order chi connectivity index (χ1) is 10.2. The molecule has 0 spiro atoms. The molecule has 0 aliphatic carbocycles. The van der Waals surface area contributed by atoms with Crippen LogP contribution in [0.15, 0.2) is 44.0 Å². The molecule has 0 radical (unpaired) electrons. The van der Waals surface area contributed by atoms with E-state index < -0.39 is 0 Å². The van der Waals surface area contributed by atoms with E-state index in [1.54, 1.807) is 11.3 Å². The van der Waals surface area contributed by atoms with Crippen LogP contribution in [0.2, 0.25) is 0 Å². The molecule has 3 aromatic rings. The zero-order valence-corrected chi connectivity index (χ0v) is 16.3. The van der Waals surface area contributed by atoms with Crippen molar-refractivity contribution in [3.05, 3.63) is 54.4 Å². The van der Waals surface area contributed by atoms with Crippen LogP contribution in [-0.2, 0) is 0 Å². The molecule has 1 nitrogen and oxygen atoms in total. The molecule has 0 saturated carbocycles. The lowest BCUT2D eigenvalue weighted by atomic mass is 10.0. The summed E-state index contributed by atoms with van der Waals surface area (Å²) in [5.41, 5.74) is 1.37. The average Bonchev–Trinajstić information content (AvgIpc) is 3.08. The summed E-state index contributed by atoms with van der Waals surface area (Å²) in [4.78, 5) is 1.36. The van der Waals surface area contributed by atoms with E-state index >= 15 is 0 Å². The summed E-state index contributed by atoms with van der Waals surface area (Å²) in [6, 6.07) is 11.1. The number of rotatable bonds is 5. The van der Waals surface area contributed by atoms with Gasteiger partial charge in [-0.3, -0.25) is 0 Å². The zero-order chi connectivity index (χ0) is 14.8. The van der Waals surface area contributed by atoms with Crippen LogP contribution in [0.1, 0.15) is 29.8 Å². The first-order valence-electron chi connectivity index (χ1n) is 6.85. The SMILES string of the molecule is CCCNC(c1ccc(Br)s1)c1csc2c(Br)cccc12.